The normalized spacial score (nSPS) is 11.4. The second kappa shape index (κ2) is 8.85. The van der Waals surface area contributed by atoms with Gasteiger partial charge in [0.25, 0.3) is 5.91 Å². The summed E-state index contributed by atoms with van der Waals surface area (Å²) in [6, 6.07) is 16.0. The molecule has 0 spiro atoms. The van der Waals surface area contributed by atoms with Gasteiger partial charge in [-0.15, -0.1) is 0 Å². The predicted molar refractivity (Wildman–Crippen MR) is 103 cm³/mol. The Balaban J connectivity index is 2.14. The van der Waals surface area contributed by atoms with E-state index in [4.69, 9.17) is 4.18 Å². The van der Waals surface area contributed by atoms with Gasteiger partial charge in [-0.2, -0.15) is 8.42 Å². The predicted octanol–water partition coefficient (Wildman–Crippen LogP) is 3.71. The average molecular weight is 375 g/mol. The molecule has 0 atom stereocenters. The fourth-order valence-electron chi connectivity index (χ4n) is 2.48. The molecule has 6 heteroatoms. The van der Waals surface area contributed by atoms with Crippen LogP contribution in [0.1, 0.15) is 36.2 Å². The third-order valence-corrected chi connectivity index (χ3v) is 4.32. The molecule has 2 aromatic carbocycles. The van der Waals surface area contributed by atoms with Crippen molar-refractivity contribution in [3.8, 4) is 5.75 Å². The van der Waals surface area contributed by atoms with Crippen molar-refractivity contribution in [1.82, 2.24) is 4.90 Å². The zero-order valence-corrected chi connectivity index (χ0v) is 16.2. The largest absolute Gasteiger partial charge is 0.383 e. The first-order chi connectivity index (χ1) is 12.2. The SMILES string of the molecule is CC(C)CCN(Cc1ccc(OS(C)(=O)=O)cc1)C(=O)c1ccccc1. The Morgan fingerprint density at radius 2 is 1.65 bits per heavy atom. The van der Waals surface area contributed by atoms with Gasteiger partial charge in [0.2, 0.25) is 0 Å². The number of benzene rings is 2. The van der Waals surface area contributed by atoms with Crippen LogP contribution in [0.4, 0.5) is 0 Å². The Bertz CT molecular complexity index is 815. The minimum Gasteiger partial charge on any atom is -0.383 e. The van der Waals surface area contributed by atoms with Crippen LogP contribution in [0.2, 0.25) is 0 Å². The van der Waals surface area contributed by atoms with E-state index < -0.39 is 10.1 Å². The Kier molecular flexibility index (Phi) is 6.80. The lowest BCUT2D eigenvalue weighted by Gasteiger charge is -2.24. The first-order valence-electron chi connectivity index (χ1n) is 8.57. The number of nitrogens with zero attached hydrogens (tertiary/aromatic N) is 1. The molecular weight excluding hydrogens is 350 g/mol. The van der Waals surface area contributed by atoms with Gasteiger partial charge in [0.05, 0.1) is 6.26 Å². The fraction of sp³-hybridized carbons (Fsp3) is 0.350. The molecule has 0 aliphatic heterocycles. The van der Waals surface area contributed by atoms with Gasteiger partial charge in [0.1, 0.15) is 5.75 Å². The topological polar surface area (TPSA) is 63.7 Å². The fourth-order valence-corrected chi connectivity index (χ4v) is 2.94. The van der Waals surface area contributed by atoms with Crippen molar-refractivity contribution in [2.45, 2.75) is 26.8 Å². The number of carbonyl (C=O) groups is 1. The van der Waals surface area contributed by atoms with E-state index in [0.717, 1.165) is 18.2 Å². The molecule has 5 nitrogen and oxygen atoms in total. The van der Waals surface area contributed by atoms with Crippen LogP contribution >= 0.6 is 0 Å². The minimum atomic E-state index is -3.55. The van der Waals surface area contributed by atoms with Crippen molar-refractivity contribution in [2.75, 3.05) is 12.8 Å². The molecule has 0 saturated carbocycles. The highest BCUT2D eigenvalue weighted by Gasteiger charge is 2.16. The maximum Gasteiger partial charge on any atom is 0.306 e. The molecule has 1 amide bonds. The maximum atomic E-state index is 12.8. The summed E-state index contributed by atoms with van der Waals surface area (Å²) in [7, 11) is -3.55. The van der Waals surface area contributed by atoms with Crippen molar-refractivity contribution in [3.05, 3.63) is 65.7 Å². The molecule has 0 N–H and O–H groups in total. The lowest BCUT2D eigenvalue weighted by Crippen LogP contribution is -2.32. The molecule has 0 unspecified atom stereocenters. The third kappa shape index (κ3) is 6.52. The first kappa shape index (κ1) is 20.0. The molecule has 0 aliphatic rings. The van der Waals surface area contributed by atoms with E-state index in [9.17, 15) is 13.2 Å². The molecule has 0 bridgehead atoms. The molecular formula is C20H25NO4S. The van der Waals surface area contributed by atoms with Crippen molar-refractivity contribution in [2.24, 2.45) is 5.92 Å². The van der Waals surface area contributed by atoms with Gasteiger partial charge in [-0.3, -0.25) is 4.79 Å². The number of hydrogen-bond acceptors (Lipinski definition) is 4. The number of hydrogen-bond donors (Lipinski definition) is 0. The number of amides is 1. The highest BCUT2D eigenvalue weighted by atomic mass is 32.2. The highest BCUT2D eigenvalue weighted by Crippen LogP contribution is 2.17. The standard InChI is InChI=1S/C20H25NO4S/c1-16(2)13-14-21(20(22)18-7-5-4-6-8-18)15-17-9-11-19(12-10-17)25-26(3,23)24/h4-12,16H,13-15H2,1-3H3. The lowest BCUT2D eigenvalue weighted by atomic mass is 10.1. The van der Waals surface area contributed by atoms with Crippen LogP contribution in [0.5, 0.6) is 5.75 Å². The third-order valence-electron chi connectivity index (χ3n) is 3.83. The van der Waals surface area contributed by atoms with Gasteiger partial charge in [-0.1, -0.05) is 44.2 Å². The van der Waals surface area contributed by atoms with Gasteiger partial charge in [-0.05, 0) is 42.2 Å². The molecule has 0 aliphatic carbocycles. The molecule has 2 aromatic rings. The average Bonchev–Trinajstić information content (AvgIpc) is 2.59. The molecule has 2 rings (SSSR count). The van der Waals surface area contributed by atoms with Gasteiger partial charge in [-0.25, -0.2) is 0 Å². The summed E-state index contributed by atoms with van der Waals surface area (Å²) in [5.74, 6) is 0.744. The van der Waals surface area contributed by atoms with Crippen molar-refractivity contribution < 1.29 is 17.4 Å². The molecule has 0 aromatic heterocycles. The van der Waals surface area contributed by atoms with Crippen LogP contribution < -0.4 is 4.18 Å². The summed E-state index contributed by atoms with van der Waals surface area (Å²) in [5.41, 5.74) is 1.58. The van der Waals surface area contributed by atoms with Crippen molar-refractivity contribution in [1.29, 1.82) is 0 Å². The van der Waals surface area contributed by atoms with E-state index in [0.29, 0.717) is 24.6 Å². The van der Waals surface area contributed by atoms with Gasteiger partial charge in [0.15, 0.2) is 0 Å². The van der Waals surface area contributed by atoms with Crippen LogP contribution in [0.25, 0.3) is 0 Å². The molecule has 140 valence electrons. The maximum absolute atomic E-state index is 12.8. The summed E-state index contributed by atoms with van der Waals surface area (Å²) in [4.78, 5) is 14.7. The monoisotopic (exact) mass is 375 g/mol. The van der Waals surface area contributed by atoms with Crippen LogP contribution in [0.15, 0.2) is 54.6 Å². The second-order valence-electron chi connectivity index (χ2n) is 6.71. The second-order valence-corrected chi connectivity index (χ2v) is 8.28. The van der Waals surface area contributed by atoms with Gasteiger partial charge in [0, 0.05) is 18.7 Å². The minimum absolute atomic E-state index is 0.0114. The van der Waals surface area contributed by atoms with E-state index in [1.54, 1.807) is 24.3 Å². The summed E-state index contributed by atoms with van der Waals surface area (Å²) in [6.07, 6.45) is 1.92. The molecule has 0 heterocycles. The van der Waals surface area contributed by atoms with Crippen LogP contribution in [0.3, 0.4) is 0 Å². The molecule has 0 radical (unpaired) electrons. The lowest BCUT2D eigenvalue weighted by molar-refractivity contribution is 0.0735. The molecule has 0 fully saturated rings. The Hall–Kier alpha value is -2.34. The number of carbonyl (C=O) groups excluding carboxylic acids is 1. The zero-order chi connectivity index (χ0) is 19.2. The van der Waals surface area contributed by atoms with E-state index >= 15 is 0 Å². The molecule has 26 heavy (non-hydrogen) atoms. The van der Waals surface area contributed by atoms with Crippen LogP contribution in [-0.4, -0.2) is 32.0 Å². The van der Waals surface area contributed by atoms with Crippen molar-refractivity contribution >= 4 is 16.0 Å². The summed E-state index contributed by atoms with van der Waals surface area (Å²) in [6.45, 7) is 5.37. The summed E-state index contributed by atoms with van der Waals surface area (Å²) in [5, 5.41) is 0. The smallest absolute Gasteiger partial charge is 0.306 e. The molecule has 0 saturated heterocycles. The quantitative estimate of drug-likeness (QED) is 0.660. The van der Waals surface area contributed by atoms with E-state index in [-0.39, 0.29) is 11.7 Å². The Labute approximate surface area is 155 Å². The Morgan fingerprint density at radius 3 is 2.19 bits per heavy atom. The zero-order valence-electron chi connectivity index (χ0n) is 15.4. The highest BCUT2D eigenvalue weighted by molar-refractivity contribution is 7.86. The van der Waals surface area contributed by atoms with Crippen molar-refractivity contribution in [3.63, 3.8) is 0 Å². The van der Waals surface area contributed by atoms with Crippen LogP contribution in [-0.2, 0) is 16.7 Å². The van der Waals surface area contributed by atoms with E-state index in [1.807, 2.05) is 35.2 Å². The van der Waals surface area contributed by atoms with Gasteiger partial charge < -0.3 is 9.08 Å². The van der Waals surface area contributed by atoms with Crippen LogP contribution in [0, 0.1) is 5.92 Å². The van der Waals surface area contributed by atoms with Gasteiger partial charge >= 0.3 is 10.1 Å². The van der Waals surface area contributed by atoms with E-state index in [1.165, 1.54) is 0 Å². The first-order valence-corrected chi connectivity index (χ1v) is 10.4. The summed E-state index contributed by atoms with van der Waals surface area (Å²) < 4.78 is 27.2. The summed E-state index contributed by atoms with van der Waals surface area (Å²) >= 11 is 0. The Morgan fingerprint density at radius 1 is 1.04 bits per heavy atom. The number of rotatable bonds is 8. The van der Waals surface area contributed by atoms with E-state index in [2.05, 4.69) is 13.8 Å².